The number of hydrogen-bond acceptors (Lipinski definition) is 7. The van der Waals surface area contributed by atoms with Crippen LogP contribution in [0.4, 0.5) is 0 Å². The van der Waals surface area contributed by atoms with E-state index < -0.39 is 29.9 Å². The van der Waals surface area contributed by atoms with Gasteiger partial charge < -0.3 is 9.15 Å². The van der Waals surface area contributed by atoms with E-state index >= 15 is 0 Å². The Morgan fingerprint density at radius 3 is 2.06 bits per heavy atom. The zero-order valence-electron chi connectivity index (χ0n) is 17.3. The molecule has 0 fully saturated rings. The van der Waals surface area contributed by atoms with E-state index in [1.165, 1.54) is 0 Å². The van der Waals surface area contributed by atoms with E-state index in [1.807, 2.05) is 30.3 Å². The zero-order chi connectivity index (χ0) is 22.1. The molecule has 31 heavy (non-hydrogen) atoms. The van der Waals surface area contributed by atoms with E-state index in [1.54, 1.807) is 45.0 Å². The van der Waals surface area contributed by atoms with Crippen molar-refractivity contribution in [2.24, 2.45) is 5.92 Å². The summed E-state index contributed by atoms with van der Waals surface area (Å²) in [4.78, 5) is 39.7. The monoisotopic (exact) mass is 419 g/mol. The van der Waals surface area contributed by atoms with Crippen molar-refractivity contribution in [1.82, 2.24) is 15.1 Å². The van der Waals surface area contributed by atoms with Gasteiger partial charge in [0.1, 0.15) is 6.04 Å². The summed E-state index contributed by atoms with van der Waals surface area (Å²) in [5.41, 5.74) is 1.30. The smallest absolute Gasteiger partial charge is 0.330 e. The lowest BCUT2D eigenvalue weighted by atomic mass is 10.0. The highest BCUT2D eigenvalue weighted by Crippen LogP contribution is 2.29. The van der Waals surface area contributed by atoms with Gasteiger partial charge in [-0.05, 0) is 37.1 Å². The lowest BCUT2D eigenvalue weighted by molar-refractivity contribution is -0.156. The minimum Gasteiger partial charge on any atom is -0.451 e. The second kappa shape index (κ2) is 8.14. The van der Waals surface area contributed by atoms with Crippen LogP contribution in [-0.4, -0.2) is 38.9 Å². The first-order valence-electron chi connectivity index (χ1n) is 9.94. The van der Waals surface area contributed by atoms with E-state index in [-0.39, 0.29) is 22.9 Å². The van der Waals surface area contributed by atoms with E-state index in [0.29, 0.717) is 5.89 Å². The Labute approximate surface area is 178 Å². The number of amides is 2. The Morgan fingerprint density at radius 2 is 1.48 bits per heavy atom. The van der Waals surface area contributed by atoms with Gasteiger partial charge in [0, 0.05) is 5.56 Å². The van der Waals surface area contributed by atoms with Crippen molar-refractivity contribution >= 4 is 17.8 Å². The summed E-state index contributed by atoms with van der Waals surface area (Å²) in [5, 5.41) is 7.97. The molecule has 2 amide bonds. The van der Waals surface area contributed by atoms with Crippen LogP contribution in [0, 0.1) is 5.92 Å². The predicted molar refractivity (Wildman–Crippen MR) is 110 cm³/mol. The lowest BCUT2D eigenvalue weighted by Gasteiger charge is -2.28. The number of fused-ring (bicyclic) bond motifs is 1. The summed E-state index contributed by atoms with van der Waals surface area (Å²) in [7, 11) is 0. The summed E-state index contributed by atoms with van der Waals surface area (Å²) < 4.78 is 11.2. The molecule has 8 nitrogen and oxygen atoms in total. The van der Waals surface area contributed by atoms with Crippen LogP contribution < -0.4 is 0 Å². The molecular weight excluding hydrogens is 398 g/mol. The van der Waals surface area contributed by atoms with Crippen LogP contribution in [0.5, 0.6) is 0 Å². The average molecular weight is 419 g/mol. The molecule has 4 rings (SSSR count). The zero-order valence-corrected chi connectivity index (χ0v) is 17.3. The Hall–Kier alpha value is -3.81. The number of aromatic nitrogens is 2. The highest BCUT2D eigenvalue weighted by Gasteiger charge is 2.45. The van der Waals surface area contributed by atoms with Crippen molar-refractivity contribution in [2.45, 2.75) is 32.9 Å². The number of imide groups is 1. The van der Waals surface area contributed by atoms with Crippen LogP contribution in [0.3, 0.4) is 0 Å². The fourth-order valence-electron chi connectivity index (χ4n) is 3.53. The van der Waals surface area contributed by atoms with Gasteiger partial charge in [0.15, 0.2) is 6.10 Å². The molecule has 2 atom stereocenters. The number of nitrogens with zero attached hydrogens (tertiary/aromatic N) is 3. The summed E-state index contributed by atoms with van der Waals surface area (Å²) in [5.74, 6) is -1.65. The number of rotatable bonds is 6. The Kier molecular flexibility index (Phi) is 5.37. The predicted octanol–water partition coefficient (Wildman–Crippen LogP) is 3.66. The average Bonchev–Trinajstić information content (AvgIpc) is 3.35. The summed E-state index contributed by atoms with van der Waals surface area (Å²) in [6.07, 6.45) is -0.853. The number of esters is 1. The van der Waals surface area contributed by atoms with Crippen molar-refractivity contribution in [2.75, 3.05) is 0 Å². The number of hydrogen-bond donors (Lipinski definition) is 0. The second-order valence-corrected chi connectivity index (χ2v) is 7.61. The molecule has 2 aromatic carbocycles. The van der Waals surface area contributed by atoms with Crippen LogP contribution in [0.25, 0.3) is 11.5 Å². The highest BCUT2D eigenvalue weighted by molar-refractivity contribution is 6.22. The van der Waals surface area contributed by atoms with Crippen LogP contribution in [0.2, 0.25) is 0 Å². The van der Waals surface area contributed by atoms with Crippen molar-refractivity contribution in [3.8, 4) is 11.5 Å². The molecular formula is C23H21N3O5. The van der Waals surface area contributed by atoms with Gasteiger partial charge in [-0.15, -0.1) is 10.2 Å². The topological polar surface area (TPSA) is 103 Å². The normalized spacial score (nSPS) is 15.2. The molecule has 0 bridgehead atoms. The van der Waals surface area contributed by atoms with E-state index in [4.69, 9.17) is 9.15 Å². The molecule has 8 heteroatoms. The fraction of sp³-hybridized carbons (Fsp3) is 0.261. The van der Waals surface area contributed by atoms with Gasteiger partial charge >= 0.3 is 5.97 Å². The van der Waals surface area contributed by atoms with Crippen molar-refractivity contribution in [3.63, 3.8) is 0 Å². The Balaban J connectivity index is 1.53. The Morgan fingerprint density at radius 1 is 0.903 bits per heavy atom. The molecule has 0 saturated heterocycles. The lowest BCUT2D eigenvalue weighted by Crippen LogP contribution is -2.48. The molecule has 0 unspecified atom stereocenters. The van der Waals surface area contributed by atoms with Gasteiger partial charge in [-0.1, -0.05) is 44.2 Å². The number of carbonyl (C=O) groups excluding carboxylic acids is 3. The van der Waals surface area contributed by atoms with Crippen LogP contribution >= 0.6 is 0 Å². The number of ether oxygens (including phenoxy) is 1. The maximum Gasteiger partial charge on any atom is 0.330 e. The standard InChI is InChI=1S/C23H21N3O5/c1-13(2)18(26-21(27)16-11-7-8-12-17(16)22(26)28)23(29)30-14(3)19-24-25-20(31-19)15-9-5-4-6-10-15/h4-14,18H,1-3H3/t14-,18+/m1/s1. The van der Waals surface area contributed by atoms with Gasteiger partial charge in [0.25, 0.3) is 17.7 Å². The molecule has 1 aromatic heterocycles. The number of carbonyl (C=O) groups is 3. The van der Waals surface area contributed by atoms with E-state index in [9.17, 15) is 14.4 Å². The maximum absolute atomic E-state index is 13.0. The van der Waals surface area contributed by atoms with Gasteiger partial charge in [-0.2, -0.15) is 0 Å². The van der Waals surface area contributed by atoms with Gasteiger partial charge in [0.05, 0.1) is 11.1 Å². The molecule has 2 heterocycles. The third-order valence-corrected chi connectivity index (χ3v) is 5.08. The van der Waals surface area contributed by atoms with Gasteiger partial charge in [0.2, 0.25) is 5.89 Å². The quantitative estimate of drug-likeness (QED) is 0.444. The number of benzene rings is 2. The van der Waals surface area contributed by atoms with Crippen LogP contribution in [0.1, 0.15) is 53.5 Å². The van der Waals surface area contributed by atoms with Crippen molar-refractivity contribution in [3.05, 3.63) is 71.6 Å². The minimum absolute atomic E-state index is 0.122. The van der Waals surface area contributed by atoms with Gasteiger partial charge in [-0.3, -0.25) is 14.5 Å². The third-order valence-electron chi connectivity index (χ3n) is 5.08. The largest absolute Gasteiger partial charge is 0.451 e. The first kappa shape index (κ1) is 20.5. The highest BCUT2D eigenvalue weighted by atomic mass is 16.6. The maximum atomic E-state index is 13.0. The molecule has 0 spiro atoms. The van der Waals surface area contributed by atoms with Gasteiger partial charge in [-0.25, -0.2) is 4.79 Å². The third kappa shape index (κ3) is 3.72. The molecule has 0 saturated carbocycles. The van der Waals surface area contributed by atoms with Crippen LogP contribution in [-0.2, 0) is 9.53 Å². The van der Waals surface area contributed by atoms with Crippen molar-refractivity contribution < 1.29 is 23.5 Å². The fourth-order valence-corrected chi connectivity index (χ4v) is 3.53. The second-order valence-electron chi connectivity index (χ2n) is 7.61. The van der Waals surface area contributed by atoms with Crippen LogP contribution in [0.15, 0.2) is 59.0 Å². The Bertz CT molecular complexity index is 1100. The van der Waals surface area contributed by atoms with E-state index in [0.717, 1.165) is 10.5 Å². The first-order valence-corrected chi connectivity index (χ1v) is 9.94. The molecule has 3 aromatic rings. The summed E-state index contributed by atoms with van der Waals surface area (Å²) in [6.45, 7) is 5.10. The summed E-state index contributed by atoms with van der Waals surface area (Å²) >= 11 is 0. The SMILES string of the molecule is CC(C)[C@@H](C(=O)O[C@H](C)c1nnc(-c2ccccc2)o1)N1C(=O)c2ccccc2C1=O. The molecule has 0 N–H and O–H groups in total. The first-order chi connectivity index (χ1) is 14.9. The molecule has 1 aliphatic rings. The summed E-state index contributed by atoms with van der Waals surface area (Å²) in [6, 6.07) is 14.6. The molecule has 0 aliphatic carbocycles. The van der Waals surface area contributed by atoms with E-state index in [2.05, 4.69) is 10.2 Å². The molecule has 0 radical (unpaired) electrons. The van der Waals surface area contributed by atoms with Crippen molar-refractivity contribution in [1.29, 1.82) is 0 Å². The minimum atomic E-state index is -1.08. The molecule has 158 valence electrons. The molecule has 1 aliphatic heterocycles.